The van der Waals surface area contributed by atoms with Crippen LogP contribution in [0.4, 0.5) is 26.3 Å². The number of rotatable bonds is 5. The number of fused-ring (bicyclic) bond motifs is 1. The number of nitrogens with one attached hydrogen (secondary N) is 1. The first-order chi connectivity index (χ1) is 18.0. The smallest absolute Gasteiger partial charge is 0.475 e. The molecule has 11 nitrogen and oxygen atoms in total. The Bertz CT molecular complexity index is 1100. The average Bonchev–Trinajstić information content (AvgIpc) is 3.52. The van der Waals surface area contributed by atoms with E-state index in [0.29, 0.717) is 24.6 Å². The average molecular weight is 569 g/mol. The van der Waals surface area contributed by atoms with Crippen LogP contribution in [0, 0.1) is 11.3 Å². The Morgan fingerprint density at radius 3 is 2.23 bits per heavy atom. The molecule has 4 heterocycles. The fourth-order valence-corrected chi connectivity index (χ4v) is 3.98. The number of amides is 1. The van der Waals surface area contributed by atoms with Gasteiger partial charge in [-0.1, -0.05) is 0 Å². The van der Waals surface area contributed by atoms with Gasteiger partial charge >= 0.3 is 24.3 Å². The van der Waals surface area contributed by atoms with E-state index in [2.05, 4.69) is 26.5 Å². The van der Waals surface area contributed by atoms with Crippen LogP contribution in [0.25, 0.3) is 0 Å². The van der Waals surface area contributed by atoms with E-state index in [0.717, 1.165) is 26.2 Å². The van der Waals surface area contributed by atoms with Crippen molar-refractivity contribution in [1.29, 1.82) is 0 Å². The molecule has 0 saturated carbocycles. The minimum atomic E-state index is -5.08. The lowest BCUT2D eigenvalue weighted by atomic mass is 9.81. The fourth-order valence-electron chi connectivity index (χ4n) is 3.98. The number of carboxylic acid groups (broad SMARTS) is 2. The van der Waals surface area contributed by atoms with Crippen LogP contribution in [-0.4, -0.2) is 92.9 Å². The number of carboxylic acids is 2. The molecule has 4 rings (SSSR count). The molecular formula is C22H25F6N5O6. The van der Waals surface area contributed by atoms with Gasteiger partial charge in [0, 0.05) is 68.7 Å². The van der Waals surface area contributed by atoms with Crippen molar-refractivity contribution >= 4 is 17.8 Å². The molecular weight excluding hydrogens is 544 g/mol. The van der Waals surface area contributed by atoms with E-state index in [1.807, 2.05) is 17.9 Å². The van der Waals surface area contributed by atoms with Crippen LogP contribution < -0.4 is 5.32 Å². The Balaban J connectivity index is 0.000000317. The topological polar surface area (TPSA) is 147 Å². The number of hydrogen-bond donors (Lipinski definition) is 3. The van der Waals surface area contributed by atoms with Crippen LogP contribution in [0.2, 0.25) is 0 Å². The highest BCUT2D eigenvalue weighted by Crippen LogP contribution is 2.41. The lowest BCUT2D eigenvalue weighted by molar-refractivity contribution is -0.193. The Hall–Kier alpha value is -3.73. The molecule has 39 heavy (non-hydrogen) atoms. The van der Waals surface area contributed by atoms with E-state index in [1.54, 1.807) is 24.5 Å². The maximum absolute atomic E-state index is 12.3. The molecule has 216 valence electrons. The van der Waals surface area contributed by atoms with E-state index < -0.39 is 24.3 Å². The molecule has 2 fully saturated rings. The number of nitrogens with zero attached hydrogens (tertiary/aromatic N) is 4. The van der Waals surface area contributed by atoms with E-state index >= 15 is 0 Å². The summed E-state index contributed by atoms with van der Waals surface area (Å²) in [7, 11) is 1.94. The molecule has 3 N–H and O–H groups in total. The molecule has 2 aliphatic rings. The van der Waals surface area contributed by atoms with Gasteiger partial charge < -0.3 is 20.3 Å². The molecule has 2 atom stereocenters. The molecule has 17 heteroatoms. The number of alkyl halides is 6. The quantitative estimate of drug-likeness (QED) is 0.460. The van der Waals surface area contributed by atoms with Gasteiger partial charge in [-0.05, 0) is 12.1 Å². The first-order valence-corrected chi connectivity index (χ1v) is 11.1. The van der Waals surface area contributed by atoms with Crippen LogP contribution in [0.1, 0.15) is 15.9 Å². The van der Waals surface area contributed by atoms with Gasteiger partial charge in [-0.3, -0.25) is 19.4 Å². The molecule has 0 radical (unpaired) electrons. The summed E-state index contributed by atoms with van der Waals surface area (Å²) in [5.74, 6) is -5.13. The Morgan fingerprint density at radius 2 is 1.74 bits per heavy atom. The zero-order valence-electron chi connectivity index (χ0n) is 20.4. The normalized spacial score (nSPS) is 20.6. The molecule has 2 aliphatic heterocycles. The molecule has 0 aliphatic carbocycles. The molecule has 0 spiro atoms. The zero-order valence-corrected chi connectivity index (χ0v) is 20.4. The van der Waals surface area contributed by atoms with Crippen molar-refractivity contribution in [3.63, 3.8) is 0 Å². The van der Waals surface area contributed by atoms with E-state index in [9.17, 15) is 31.1 Å². The van der Waals surface area contributed by atoms with Gasteiger partial charge in [0.2, 0.25) is 0 Å². The van der Waals surface area contributed by atoms with E-state index in [4.69, 9.17) is 24.5 Å². The number of carbonyl (C=O) groups is 3. The Morgan fingerprint density at radius 1 is 1.13 bits per heavy atom. The number of aromatic nitrogens is 3. The van der Waals surface area contributed by atoms with Crippen molar-refractivity contribution in [2.45, 2.75) is 18.9 Å². The van der Waals surface area contributed by atoms with Crippen molar-refractivity contribution in [3.8, 4) is 0 Å². The summed E-state index contributed by atoms with van der Waals surface area (Å²) in [6, 6.07) is 3.56. The highest BCUT2D eigenvalue weighted by Gasteiger charge is 2.50. The first kappa shape index (κ1) is 31.5. The molecule has 2 aromatic heterocycles. The number of ether oxygens (including phenoxy) is 1. The Kier molecular flexibility index (Phi) is 10.4. The van der Waals surface area contributed by atoms with Gasteiger partial charge in [-0.15, -0.1) is 0 Å². The molecule has 0 bridgehead atoms. The predicted octanol–water partition coefficient (Wildman–Crippen LogP) is 1.96. The summed E-state index contributed by atoms with van der Waals surface area (Å²) in [6.07, 6.45) is -2.93. The van der Waals surface area contributed by atoms with Crippen molar-refractivity contribution in [3.05, 3.63) is 48.0 Å². The van der Waals surface area contributed by atoms with Crippen molar-refractivity contribution in [1.82, 2.24) is 25.0 Å². The fraction of sp³-hybridized carbons (Fsp3) is 0.500. The largest absolute Gasteiger partial charge is 0.490 e. The molecule has 2 saturated heterocycles. The van der Waals surface area contributed by atoms with E-state index in [-0.39, 0.29) is 11.3 Å². The van der Waals surface area contributed by atoms with Crippen molar-refractivity contribution in [2.75, 3.05) is 32.8 Å². The summed E-state index contributed by atoms with van der Waals surface area (Å²) in [5.41, 5.74) is 1.82. The summed E-state index contributed by atoms with van der Waals surface area (Å²) in [6.45, 7) is 4.93. The van der Waals surface area contributed by atoms with Gasteiger partial charge in [0.25, 0.3) is 5.91 Å². The monoisotopic (exact) mass is 569 g/mol. The van der Waals surface area contributed by atoms with Crippen molar-refractivity contribution in [2.24, 2.45) is 18.4 Å². The SMILES string of the molecule is Cn1cc(CN2C[C@@H]3COC[C@]3(CNC(=O)c3cccnc3)C2)cn1.O=C(O)C(F)(F)F.O=C(O)C(F)(F)F. The van der Waals surface area contributed by atoms with Crippen LogP contribution in [-0.2, 0) is 27.9 Å². The third kappa shape index (κ3) is 9.51. The maximum Gasteiger partial charge on any atom is 0.490 e. The zero-order chi connectivity index (χ0) is 29.4. The van der Waals surface area contributed by atoms with Crippen LogP contribution in [0.3, 0.4) is 0 Å². The number of carbonyl (C=O) groups excluding carboxylic acids is 1. The third-order valence-electron chi connectivity index (χ3n) is 5.77. The summed E-state index contributed by atoms with van der Waals surface area (Å²) in [5, 5.41) is 21.6. The number of pyridine rings is 1. The standard InChI is InChI=1S/C18H23N5O2.2C2HF3O2/c1-22-7-14(5-21-22)8-23-9-16-10-25-13-18(16,12-23)11-20-17(24)15-3-2-4-19-6-15;2*3-2(4,5)1(6)7/h2-7,16H,8-13H2,1H3,(H,20,24);2*(H,6,7)/t16-,18+;;/m1../s1. The van der Waals surface area contributed by atoms with Gasteiger partial charge in [0.15, 0.2) is 0 Å². The second-order valence-electron chi connectivity index (χ2n) is 8.80. The minimum Gasteiger partial charge on any atom is -0.475 e. The van der Waals surface area contributed by atoms with Crippen LogP contribution >= 0.6 is 0 Å². The highest BCUT2D eigenvalue weighted by molar-refractivity contribution is 5.93. The lowest BCUT2D eigenvalue weighted by Gasteiger charge is -2.27. The Labute approximate surface area is 217 Å². The summed E-state index contributed by atoms with van der Waals surface area (Å²) in [4.78, 5) is 36.6. The number of hydrogen-bond acceptors (Lipinski definition) is 7. The van der Waals surface area contributed by atoms with Crippen molar-refractivity contribution < 1.29 is 55.7 Å². The molecule has 1 amide bonds. The number of likely N-dealkylation sites (tertiary alicyclic amines) is 1. The van der Waals surface area contributed by atoms with Gasteiger partial charge in [-0.25, -0.2) is 9.59 Å². The van der Waals surface area contributed by atoms with Gasteiger partial charge in [0.05, 0.1) is 25.0 Å². The predicted molar refractivity (Wildman–Crippen MR) is 119 cm³/mol. The second kappa shape index (κ2) is 12.9. The second-order valence-corrected chi connectivity index (χ2v) is 8.80. The van der Waals surface area contributed by atoms with Crippen LogP contribution in [0.15, 0.2) is 36.9 Å². The molecule has 2 aromatic rings. The molecule has 0 aromatic carbocycles. The lowest BCUT2D eigenvalue weighted by Crippen LogP contribution is -2.43. The first-order valence-electron chi connectivity index (χ1n) is 11.1. The summed E-state index contributed by atoms with van der Waals surface area (Å²) < 4.78 is 71.1. The van der Waals surface area contributed by atoms with Gasteiger partial charge in [0.1, 0.15) is 0 Å². The molecule has 0 unspecified atom stereocenters. The van der Waals surface area contributed by atoms with E-state index in [1.165, 1.54) is 5.56 Å². The minimum absolute atomic E-state index is 0.0000772. The number of halogens is 6. The van der Waals surface area contributed by atoms with Gasteiger partial charge in [-0.2, -0.15) is 31.4 Å². The maximum atomic E-state index is 12.3. The summed E-state index contributed by atoms with van der Waals surface area (Å²) >= 11 is 0. The number of aryl methyl sites for hydroxylation is 1. The number of aliphatic carboxylic acids is 2. The van der Waals surface area contributed by atoms with Crippen LogP contribution in [0.5, 0.6) is 0 Å². The highest BCUT2D eigenvalue weighted by atomic mass is 19.4. The third-order valence-corrected chi connectivity index (χ3v) is 5.77.